The molecule has 0 aliphatic carbocycles. The minimum Gasteiger partial charge on any atom is -0.360 e. The predicted octanol–water partition coefficient (Wildman–Crippen LogP) is 1.42. The van der Waals surface area contributed by atoms with Crippen molar-refractivity contribution >= 4 is 10.0 Å². The van der Waals surface area contributed by atoms with E-state index in [0.29, 0.717) is 11.5 Å². The number of sulfonamides is 1. The highest BCUT2D eigenvalue weighted by atomic mass is 32.2. The number of hydrogen-bond acceptors (Lipinski definition) is 4. The lowest BCUT2D eigenvalue weighted by Crippen LogP contribution is -2.25. The van der Waals surface area contributed by atoms with Gasteiger partial charge in [-0.25, -0.2) is 13.1 Å². The van der Waals surface area contributed by atoms with Gasteiger partial charge in [0.2, 0.25) is 10.0 Å². The van der Waals surface area contributed by atoms with Gasteiger partial charge in [-0.3, -0.25) is 0 Å². The van der Waals surface area contributed by atoms with Crippen molar-refractivity contribution in [2.45, 2.75) is 32.2 Å². The maximum Gasteiger partial charge on any atom is 0.246 e. The number of hydrogen-bond donors (Lipinski definition) is 1. The van der Waals surface area contributed by atoms with Gasteiger partial charge < -0.3 is 9.09 Å². The van der Waals surface area contributed by atoms with Crippen LogP contribution in [0.15, 0.2) is 21.6 Å². The van der Waals surface area contributed by atoms with Crippen molar-refractivity contribution in [3.63, 3.8) is 0 Å². The van der Waals surface area contributed by atoms with Crippen LogP contribution in [0.4, 0.5) is 0 Å². The molecule has 2 aromatic heterocycles. The maximum absolute atomic E-state index is 12.2. The normalized spacial score (nSPS) is 12.0. The van der Waals surface area contributed by atoms with Crippen LogP contribution in [0.25, 0.3) is 0 Å². The Kier molecular flexibility index (Phi) is 3.51. The number of aryl methyl sites for hydroxylation is 3. The Bertz CT molecular complexity index is 678. The Morgan fingerprint density at radius 2 is 2.00 bits per heavy atom. The molecular formula is C12H17N3O3S. The highest BCUT2D eigenvalue weighted by Crippen LogP contribution is 2.19. The van der Waals surface area contributed by atoms with Crippen molar-refractivity contribution < 1.29 is 12.9 Å². The van der Waals surface area contributed by atoms with E-state index < -0.39 is 10.0 Å². The standard InChI is InChI=1S/C12H17N3O3S/c1-8-5-6-11(15(8)4)7-13-19(16,17)12-9(2)14-18-10(12)3/h5-6,13H,7H2,1-4H3. The fourth-order valence-corrected chi connectivity index (χ4v) is 3.27. The van der Waals surface area contributed by atoms with Gasteiger partial charge in [-0.2, -0.15) is 0 Å². The van der Waals surface area contributed by atoms with E-state index in [0.717, 1.165) is 11.4 Å². The molecule has 7 heteroatoms. The molecule has 2 aromatic rings. The second-order valence-electron chi connectivity index (χ2n) is 4.50. The second kappa shape index (κ2) is 4.82. The molecule has 0 aromatic carbocycles. The molecule has 19 heavy (non-hydrogen) atoms. The highest BCUT2D eigenvalue weighted by Gasteiger charge is 2.24. The minimum absolute atomic E-state index is 0.124. The Balaban J connectivity index is 2.22. The van der Waals surface area contributed by atoms with Gasteiger partial charge >= 0.3 is 0 Å². The van der Waals surface area contributed by atoms with Crippen molar-refractivity contribution in [1.82, 2.24) is 14.4 Å². The van der Waals surface area contributed by atoms with Crippen LogP contribution in [0.2, 0.25) is 0 Å². The smallest absolute Gasteiger partial charge is 0.246 e. The summed E-state index contributed by atoms with van der Waals surface area (Å²) in [6, 6.07) is 3.84. The minimum atomic E-state index is -3.60. The van der Waals surface area contributed by atoms with Crippen LogP contribution < -0.4 is 4.72 Å². The molecule has 0 bridgehead atoms. The van der Waals surface area contributed by atoms with Crippen LogP contribution in [0, 0.1) is 20.8 Å². The molecular weight excluding hydrogens is 266 g/mol. The average molecular weight is 283 g/mol. The lowest BCUT2D eigenvalue weighted by atomic mass is 10.4. The molecule has 0 aliphatic rings. The molecule has 0 spiro atoms. The third-order valence-electron chi connectivity index (χ3n) is 3.16. The quantitative estimate of drug-likeness (QED) is 0.920. The molecule has 0 saturated heterocycles. The van der Waals surface area contributed by atoms with E-state index in [4.69, 9.17) is 4.52 Å². The van der Waals surface area contributed by atoms with Crippen LogP contribution in [-0.2, 0) is 23.6 Å². The van der Waals surface area contributed by atoms with Crippen molar-refractivity contribution in [2.75, 3.05) is 0 Å². The van der Waals surface area contributed by atoms with Gasteiger partial charge in [0, 0.05) is 18.4 Å². The van der Waals surface area contributed by atoms with Crippen LogP contribution >= 0.6 is 0 Å². The zero-order chi connectivity index (χ0) is 14.2. The largest absolute Gasteiger partial charge is 0.360 e. The van der Waals surface area contributed by atoms with Crippen LogP contribution in [0.1, 0.15) is 22.8 Å². The molecule has 0 fully saturated rings. The Labute approximate surface area is 112 Å². The van der Waals surface area contributed by atoms with Crippen LogP contribution in [0.3, 0.4) is 0 Å². The first-order valence-electron chi connectivity index (χ1n) is 5.86. The van der Waals surface area contributed by atoms with Gasteiger partial charge in [0.05, 0.1) is 6.54 Å². The van der Waals surface area contributed by atoms with E-state index >= 15 is 0 Å². The van der Waals surface area contributed by atoms with Crippen molar-refractivity contribution in [2.24, 2.45) is 7.05 Å². The van der Waals surface area contributed by atoms with E-state index in [1.807, 2.05) is 30.7 Å². The molecule has 6 nitrogen and oxygen atoms in total. The number of aromatic nitrogens is 2. The van der Waals surface area contributed by atoms with E-state index in [1.165, 1.54) is 0 Å². The maximum atomic E-state index is 12.2. The molecule has 2 rings (SSSR count). The molecule has 0 aliphatic heterocycles. The van der Waals surface area contributed by atoms with Gasteiger partial charge in [0.15, 0.2) is 5.76 Å². The third kappa shape index (κ3) is 2.57. The van der Waals surface area contributed by atoms with Crippen molar-refractivity contribution in [3.05, 3.63) is 35.0 Å². The fourth-order valence-electron chi connectivity index (χ4n) is 1.94. The molecule has 0 unspecified atom stereocenters. The summed E-state index contributed by atoms with van der Waals surface area (Å²) >= 11 is 0. The molecule has 0 amide bonds. The monoisotopic (exact) mass is 283 g/mol. The van der Waals surface area contributed by atoms with Crippen LogP contribution in [-0.4, -0.2) is 18.1 Å². The Morgan fingerprint density at radius 1 is 1.32 bits per heavy atom. The summed E-state index contributed by atoms with van der Waals surface area (Å²) < 4.78 is 33.8. The molecule has 2 heterocycles. The summed E-state index contributed by atoms with van der Waals surface area (Å²) in [6.07, 6.45) is 0. The van der Waals surface area contributed by atoms with Gasteiger partial charge in [-0.1, -0.05) is 5.16 Å². The first-order chi connectivity index (χ1) is 8.83. The summed E-state index contributed by atoms with van der Waals surface area (Å²) in [5, 5.41) is 3.66. The lowest BCUT2D eigenvalue weighted by molar-refractivity contribution is 0.390. The SMILES string of the molecule is Cc1noc(C)c1S(=O)(=O)NCc1ccc(C)n1C. The van der Waals surface area contributed by atoms with E-state index in [1.54, 1.807) is 13.8 Å². The predicted molar refractivity (Wildman–Crippen MR) is 70.2 cm³/mol. The zero-order valence-corrected chi connectivity index (χ0v) is 12.2. The number of rotatable bonds is 4. The Morgan fingerprint density at radius 3 is 2.47 bits per heavy atom. The summed E-state index contributed by atoms with van der Waals surface area (Å²) in [6.45, 7) is 5.39. The fraction of sp³-hybridized carbons (Fsp3) is 0.417. The van der Waals surface area contributed by atoms with E-state index in [-0.39, 0.29) is 11.4 Å². The zero-order valence-electron chi connectivity index (χ0n) is 11.4. The second-order valence-corrected chi connectivity index (χ2v) is 6.21. The van der Waals surface area contributed by atoms with Crippen molar-refractivity contribution in [3.8, 4) is 0 Å². The third-order valence-corrected chi connectivity index (χ3v) is 4.80. The van der Waals surface area contributed by atoms with Gasteiger partial charge in [-0.05, 0) is 32.9 Å². The number of nitrogens with one attached hydrogen (secondary N) is 1. The summed E-state index contributed by atoms with van der Waals surface area (Å²) in [4.78, 5) is 0.124. The van der Waals surface area contributed by atoms with Crippen molar-refractivity contribution in [1.29, 1.82) is 0 Å². The molecule has 0 radical (unpaired) electrons. The summed E-state index contributed by atoms with van der Waals surface area (Å²) in [7, 11) is -1.71. The van der Waals surface area contributed by atoms with Gasteiger partial charge in [0.1, 0.15) is 10.6 Å². The van der Waals surface area contributed by atoms with Gasteiger partial charge in [-0.15, -0.1) is 0 Å². The first kappa shape index (κ1) is 13.8. The molecule has 0 saturated carbocycles. The highest BCUT2D eigenvalue weighted by molar-refractivity contribution is 7.89. The Hall–Kier alpha value is -1.60. The lowest BCUT2D eigenvalue weighted by Gasteiger charge is -2.08. The molecule has 1 N–H and O–H groups in total. The summed E-state index contributed by atoms with van der Waals surface area (Å²) in [5.74, 6) is 0.299. The van der Waals surface area contributed by atoms with Gasteiger partial charge in [0.25, 0.3) is 0 Å². The van der Waals surface area contributed by atoms with E-state index in [9.17, 15) is 8.42 Å². The molecule has 104 valence electrons. The topological polar surface area (TPSA) is 77.1 Å². The molecule has 0 atom stereocenters. The van der Waals surface area contributed by atoms with E-state index in [2.05, 4.69) is 9.88 Å². The first-order valence-corrected chi connectivity index (χ1v) is 7.35. The average Bonchev–Trinajstić information content (AvgIpc) is 2.82. The van der Waals surface area contributed by atoms with Crippen LogP contribution in [0.5, 0.6) is 0 Å². The number of nitrogens with zero attached hydrogens (tertiary/aromatic N) is 2. The summed E-state index contributed by atoms with van der Waals surface area (Å²) in [5.41, 5.74) is 2.34.